The molecule has 0 saturated heterocycles. The fourth-order valence-electron chi connectivity index (χ4n) is 2.25. The minimum atomic E-state index is 0.0625. The molecule has 3 aromatic rings. The maximum absolute atomic E-state index is 11.7. The van der Waals surface area contributed by atoms with Crippen molar-refractivity contribution in [3.8, 4) is 10.4 Å². The van der Waals surface area contributed by atoms with Gasteiger partial charge in [0.15, 0.2) is 5.78 Å². The number of hydrogen-bond acceptors (Lipinski definition) is 3. The van der Waals surface area contributed by atoms with Gasteiger partial charge in [0.05, 0.1) is 0 Å². The molecule has 0 saturated carbocycles. The summed E-state index contributed by atoms with van der Waals surface area (Å²) < 4.78 is 0. The third kappa shape index (κ3) is 3.03. The Labute approximate surface area is 128 Å². The van der Waals surface area contributed by atoms with E-state index in [0.29, 0.717) is 5.56 Å². The number of benzene rings is 2. The largest absolute Gasteiger partial charge is 0.355 e. The molecule has 0 aliphatic heterocycles. The van der Waals surface area contributed by atoms with Crippen molar-refractivity contribution in [2.75, 3.05) is 5.32 Å². The molecule has 1 N–H and O–H groups in total. The molecule has 3 heteroatoms. The molecule has 0 bridgehead atoms. The van der Waals surface area contributed by atoms with E-state index in [9.17, 15) is 4.79 Å². The first-order chi connectivity index (χ1) is 10.2. The van der Waals surface area contributed by atoms with Crippen LogP contribution in [0.15, 0.2) is 66.0 Å². The highest BCUT2D eigenvalue weighted by atomic mass is 32.1. The molecule has 0 radical (unpaired) electrons. The van der Waals surface area contributed by atoms with E-state index in [0.717, 1.165) is 11.4 Å². The van der Waals surface area contributed by atoms with Crippen molar-refractivity contribution in [1.82, 2.24) is 0 Å². The predicted octanol–water partition coefficient (Wildman–Crippen LogP) is 5.36. The lowest BCUT2D eigenvalue weighted by atomic mass is 10.1. The number of hydrogen-bond donors (Lipinski definition) is 1. The summed E-state index contributed by atoms with van der Waals surface area (Å²) in [5.41, 5.74) is 3.71. The second-order valence-corrected chi connectivity index (χ2v) is 5.73. The Morgan fingerprint density at radius 1 is 1.00 bits per heavy atom. The van der Waals surface area contributed by atoms with Crippen LogP contribution in [0.25, 0.3) is 10.4 Å². The Bertz CT molecular complexity index is 762. The van der Waals surface area contributed by atoms with Gasteiger partial charge in [-0.1, -0.05) is 30.3 Å². The lowest BCUT2D eigenvalue weighted by Crippen LogP contribution is -1.99. The summed E-state index contributed by atoms with van der Waals surface area (Å²) in [4.78, 5) is 12.9. The van der Waals surface area contributed by atoms with Crippen LogP contribution in [0.4, 0.5) is 11.4 Å². The van der Waals surface area contributed by atoms with Crippen LogP contribution in [-0.2, 0) is 0 Å². The van der Waals surface area contributed by atoms with Crippen LogP contribution in [0.2, 0.25) is 0 Å². The quantitative estimate of drug-likeness (QED) is 0.656. The van der Waals surface area contributed by atoms with E-state index in [2.05, 4.69) is 28.9 Å². The second kappa shape index (κ2) is 5.94. The molecule has 3 rings (SSSR count). The average molecular weight is 293 g/mol. The molecule has 0 spiro atoms. The number of anilines is 2. The van der Waals surface area contributed by atoms with Crippen molar-refractivity contribution in [2.24, 2.45) is 0 Å². The third-order valence-corrected chi connectivity index (χ3v) is 4.17. The van der Waals surface area contributed by atoms with Gasteiger partial charge in [0.2, 0.25) is 0 Å². The zero-order valence-corrected chi connectivity index (χ0v) is 12.5. The highest BCUT2D eigenvalue weighted by Gasteiger charge is 2.07. The molecular formula is C18H15NOS. The molecule has 0 atom stereocenters. The lowest BCUT2D eigenvalue weighted by molar-refractivity contribution is 0.101. The highest BCUT2D eigenvalue weighted by Crippen LogP contribution is 2.28. The number of carbonyl (C=O) groups is 1. The van der Waals surface area contributed by atoms with Gasteiger partial charge in [-0.3, -0.25) is 4.79 Å². The van der Waals surface area contributed by atoms with E-state index >= 15 is 0 Å². The standard InChI is InChI=1S/C18H15NOS/c1-13(20)16-8-2-3-9-17(16)19-15-7-4-6-14(12-15)18-10-5-11-21-18/h2-12,19H,1H3. The maximum Gasteiger partial charge on any atom is 0.161 e. The zero-order chi connectivity index (χ0) is 14.7. The van der Waals surface area contributed by atoms with Crippen LogP contribution < -0.4 is 5.32 Å². The fourth-order valence-corrected chi connectivity index (χ4v) is 2.97. The van der Waals surface area contributed by atoms with Crippen molar-refractivity contribution in [3.63, 3.8) is 0 Å². The Morgan fingerprint density at radius 2 is 1.86 bits per heavy atom. The van der Waals surface area contributed by atoms with Gasteiger partial charge in [-0.25, -0.2) is 0 Å². The van der Waals surface area contributed by atoms with Gasteiger partial charge >= 0.3 is 0 Å². The van der Waals surface area contributed by atoms with Gasteiger partial charge in [-0.2, -0.15) is 0 Å². The van der Waals surface area contributed by atoms with E-state index in [1.165, 1.54) is 10.4 Å². The summed E-state index contributed by atoms with van der Waals surface area (Å²) in [7, 11) is 0. The van der Waals surface area contributed by atoms with E-state index in [1.54, 1.807) is 18.3 Å². The summed E-state index contributed by atoms with van der Waals surface area (Å²) >= 11 is 1.72. The van der Waals surface area contributed by atoms with Gasteiger partial charge < -0.3 is 5.32 Å². The molecule has 0 aliphatic carbocycles. The summed E-state index contributed by atoms with van der Waals surface area (Å²) in [6.07, 6.45) is 0. The topological polar surface area (TPSA) is 29.1 Å². The molecule has 2 aromatic carbocycles. The number of Topliss-reactive ketones (excluding diaryl/α,β-unsaturated/α-hetero) is 1. The Hall–Kier alpha value is -2.39. The van der Waals surface area contributed by atoms with E-state index in [-0.39, 0.29) is 5.78 Å². The van der Waals surface area contributed by atoms with Gasteiger partial charge in [-0.15, -0.1) is 11.3 Å². The number of nitrogens with one attached hydrogen (secondary N) is 1. The zero-order valence-electron chi connectivity index (χ0n) is 11.7. The maximum atomic E-state index is 11.7. The first kappa shape index (κ1) is 13.6. The van der Waals surface area contributed by atoms with Crippen LogP contribution >= 0.6 is 11.3 Å². The Morgan fingerprint density at radius 3 is 2.62 bits per heavy atom. The smallest absolute Gasteiger partial charge is 0.161 e. The number of rotatable bonds is 4. The fraction of sp³-hybridized carbons (Fsp3) is 0.0556. The summed E-state index contributed by atoms with van der Waals surface area (Å²) in [6.45, 7) is 1.59. The molecule has 104 valence electrons. The normalized spacial score (nSPS) is 10.3. The van der Waals surface area contributed by atoms with Crippen molar-refractivity contribution in [1.29, 1.82) is 0 Å². The summed E-state index contributed by atoms with van der Waals surface area (Å²) in [6, 6.07) is 19.9. The van der Waals surface area contributed by atoms with Crippen molar-refractivity contribution < 1.29 is 4.79 Å². The SMILES string of the molecule is CC(=O)c1ccccc1Nc1cccc(-c2cccs2)c1. The molecule has 2 nitrogen and oxygen atoms in total. The molecule has 0 unspecified atom stereocenters. The average Bonchev–Trinajstić information content (AvgIpc) is 3.02. The number of carbonyl (C=O) groups excluding carboxylic acids is 1. The molecule has 0 aliphatic rings. The lowest BCUT2D eigenvalue weighted by Gasteiger charge is -2.11. The first-order valence-electron chi connectivity index (χ1n) is 6.75. The monoisotopic (exact) mass is 293 g/mol. The second-order valence-electron chi connectivity index (χ2n) is 4.78. The van der Waals surface area contributed by atoms with Crippen LogP contribution in [0.1, 0.15) is 17.3 Å². The molecular weight excluding hydrogens is 278 g/mol. The van der Waals surface area contributed by atoms with Gasteiger partial charge in [0, 0.05) is 21.8 Å². The van der Waals surface area contributed by atoms with Crippen LogP contribution in [-0.4, -0.2) is 5.78 Å². The summed E-state index contributed by atoms with van der Waals surface area (Å²) in [5, 5.41) is 5.41. The van der Waals surface area contributed by atoms with Crippen molar-refractivity contribution in [3.05, 3.63) is 71.6 Å². The van der Waals surface area contributed by atoms with Crippen molar-refractivity contribution >= 4 is 28.5 Å². The van der Waals surface area contributed by atoms with Crippen LogP contribution in [0.3, 0.4) is 0 Å². The number of para-hydroxylation sites is 1. The molecule has 1 aromatic heterocycles. The highest BCUT2D eigenvalue weighted by molar-refractivity contribution is 7.13. The van der Waals surface area contributed by atoms with Crippen LogP contribution in [0.5, 0.6) is 0 Å². The first-order valence-corrected chi connectivity index (χ1v) is 7.63. The third-order valence-electron chi connectivity index (χ3n) is 3.25. The van der Waals surface area contributed by atoms with E-state index in [1.807, 2.05) is 42.5 Å². The minimum Gasteiger partial charge on any atom is -0.355 e. The van der Waals surface area contributed by atoms with E-state index in [4.69, 9.17) is 0 Å². The molecule has 21 heavy (non-hydrogen) atoms. The van der Waals surface area contributed by atoms with Crippen LogP contribution in [0, 0.1) is 0 Å². The van der Waals surface area contributed by atoms with E-state index < -0.39 is 0 Å². The van der Waals surface area contributed by atoms with Gasteiger partial charge in [0.1, 0.15) is 0 Å². The minimum absolute atomic E-state index is 0.0625. The molecule has 0 fully saturated rings. The molecule has 0 amide bonds. The Balaban J connectivity index is 1.93. The van der Waals surface area contributed by atoms with Gasteiger partial charge in [0.25, 0.3) is 0 Å². The van der Waals surface area contributed by atoms with Gasteiger partial charge in [-0.05, 0) is 48.2 Å². The number of ketones is 1. The predicted molar refractivity (Wildman–Crippen MR) is 89.5 cm³/mol. The Kier molecular flexibility index (Phi) is 3.84. The molecule has 1 heterocycles. The van der Waals surface area contributed by atoms with Crippen molar-refractivity contribution in [2.45, 2.75) is 6.92 Å². The summed E-state index contributed by atoms with van der Waals surface area (Å²) in [5.74, 6) is 0.0625. The number of thiophene rings is 1.